The van der Waals surface area contributed by atoms with Crippen LogP contribution in [0.3, 0.4) is 0 Å². The second kappa shape index (κ2) is 25.2. The van der Waals surface area contributed by atoms with Crippen molar-refractivity contribution in [2.24, 2.45) is 51.8 Å². The van der Waals surface area contributed by atoms with Crippen molar-refractivity contribution in [2.45, 2.75) is 155 Å². The van der Waals surface area contributed by atoms with Crippen LogP contribution < -0.4 is 16.4 Å². The molecule has 13 N–H and O–H groups in total. The van der Waals surface area contributed by atoms with Gasteiger partial charge in [-0.15, -0.1) is 0 Å². The zero-order valence-corrected chi connectivity index (χ0v) is 48.6. The molecule has 5 fully saturated rings. The highest BCUT2D eigenvalue weighted by Gasteiger charge is 2.66. The van der Waals surface area contributed by atoms with Crippen LogP contribution in [0.2, 0.25) is 0 Å². The number of aliphatic hydroxyl groups is 5. The maximum Gasteiger partial charge on any atom is 0.481 e. The molecule has 79 heavy (non-hydrogen) atoms. The van der Waals surface area contributed by atoms with Gasteiger partial charge in [0.2, 0.25) is 16.9 Å². The first-order valence-electron chi connectivity index (χ1n) is 26.6. The minimum absolute atomic E-state index is 0.00939. The average molecular weight is 1200 g/mol. The van der Waals surface area contributed by atoms with Crippen LogP contribution in [-0.4, -0.2) is 156 Å². The van der Waals surface area contributed by atoms with E-state index in [0.717, 1.165) is 67.5 Å². The second-order valence-electron chi connectivity index (χ2n) is 23.2. The first-order valence-corrected chi connectivity index (χ1v) is 32.1. The molecular weight excluding hydrogens is 1120 g/mol. The zero-order valence-electron chi connectivity index (χ0n) is 45.1. The van der Waals surface area contributed by atoms with Gasteiger partial charge in [0, 0.05) is 30.7 Å². The number of nitrogens with two attached hydrogens (primary N) is 1. The molecule has 3 heterocycles. The van der Waals surface area contributed by atoms with Crippen LogP contribution >= 0.6 is 35.2 Å². The molecule has 4 saturated carbocycles. The number of imidazole rings is 1. The molecule has 0 aromatic carbocycles. The van der Waals surface area contributed by atoms with Crippen molar-refractivity contribution in [3.05, 3.63) is 24.3 Å². The topological polar surface area (TPSA) is 424 Å². The summed E-state index contributed by atoms with van der Waals surface area (Å²) in [6.45, 7) is 8.93. The highest BCUT2D eigenvalue weighted by Crippen LogP contribution is 2.68. The van der Waals surface area contributed by atoms with Gasteiger partial charge in [-0.3, -0.25) is 32.5 Å². The standard InChI is InChI=1S/C48H78N7O20P3S/c1-25(29-10-11-30-36-31(20-34(58)48(29,30)6)47(5)14-12-28(56)18-27(47)19-32(36)57)8-7-9-26(2)45(63)79-17-16-50-35(59)13-15-51-43(62)40(61)46(3,4)22-72-78(69,70)75-77(67,68)71-21-33-39(74-76(64,65)66)38(60)44(73-33)55-24-54-37-41(49)52-23-53-42(37)55/h9,23-25,27-34,36,38-40,44,56-58,60-61H,7-8,10-22H2,1-6H3,(H,50,59)(H,51,62)(H,67,68)(H,69,70)(H2,49,52,53)(H2,64,65,66)/b26-9+/t25-,27+,28-,29-,30+,31+,32-,33-,34?,36+,38-,39-,40+,44-,47+,48?/m1/s1. The second-order valence-corrected chi connectivity index (χ2v) is 28.5. The van der Waals surface area contributed by atoms with E-state index < -0.39 is 96.8 Å². The lowest BCUT2D eigenvalue weighted by Crippen LogP contribution is -2.62. The van der Waals surface area contributed by atoms with Gasteiger partial charge in [-0.05, 0) is 117 Å². The third-order valence-electron chi connectivity index (χ3n) is 17.7. The molecule has 4 unspecified atom stereocenters. The van der Waals surface area contributed by atoms with E-state index in [1.54, 1.807) is 6.92 Å². The van der Waals surface area contributed by atoms with E-state index in [2.05, 4.69) is 55.2 Å². The lowest BCUT2D eigenvalue weighted by atomic mass is 9.43. The monoisotopic (exact) mass is 1200 g/mol. The van der Waals surface area contributed by atoms with Gasteiger partial charge in [0.05, 0.1) is 37.9 Å². The number of carbonyl (C=O) groups is 3. The van der Waals surface area contributed by atoms with Gasteiger partial charge in [0.1, 0.15) is 36.3 Å². The molecule has 2 amide bonds. The molecule has 0 radical (unpaired) electrons. The number of phosphoric acid groups is 3. The number of nitrogens with one attached hydrogen (secondary N) is 2. The summed E-state index contributed by atoms with van der Waals surface area (Å²) in [5, 5.41) is 60.6. The molecule has 2 aromatic rings. The molecule has 446 valence electrons. The number of rotatable bonds is 24. The largest absolute Gasteiger partial charge is 0.481 e. The fourth-order valence-electron chi connectivity index (χ4n) is 13.4. The Morgan fingerprint density at radius 1 is 0.975 bits per heavy atom. The predicted molar refractivity (Wildman–Crippen MR) is 283 cm³/mol. The fourth-order valence-corrected chi connectivity index (χ4v) is 16.9. The third-order valence-corrected chi connectivity index (χ3v) is 21.7. The van der Waals surface area contributed by atoms with Crippen molar-refractivity contribution >= 4 is 69.1 Å². The highest BCUT2D eigenvalue weighted by atomic mass is 32.2. The number of nitrogens with zero attached hydrogens (tertiary/aromatic N) is 4. The Hall–Kier alpha value is -2.82. The molecule has 0 bridgehead atoms. The number of anilines is 1. The minimum atomic E-state index is -5.61. The number of aliphatic hydroxyl groups excluding tert-OH is 5. The molecule has 31 heteroatoms. The quantitative estimate of drug-likeness (QED) is 0.0408. The normalized spacial score (nSPS) is 34.4. The number of phosphoric ester groups is 3. The number of thioether (sulfide) groups is 1. The van der Waals surface area contributed by atoms with E-state index in [-0.39, 0.29) is 99.8 Å². The van der Waals surface area contributed by atoms with Crippen LogP contribution in [0.25, 0.3) is 11.2 Å². The molecular formula is C48H78N7O20P3S. The number of carbonyl (C=O) groups excluding carboxylic acids is 3. The number of allylic oxidation sites excluding steroid dienone is 1. The number of nitrogen functional groups attached to an aromatic ring is 1. The average Bonchev–Trinajstić information content (AvgIpc) is 3.87. The number of hydrogen-bond acceptors (Lipinski definition) is 21. The number of amides is 2. The molecule has 5 aliphatic rings. The SMILES string of the molecule is C/C(=C\CC[C@@H](C)[C@H]1CC[C@H]2[C@@H]3[C@H](O)C[C@@H]4C[C@H](O)CC[C@]4(C)[C@H]3CC(O)C12C)C(=O)SCCNC(=O)CCNC(=O)[C@H](O)C(C)(C)COP(=O)(O)OP(=O)(O)OC[C@H]1O[C@@H](n2cnc3c(N)ncnc32)[C@H](O)[C@@H]1OP(=O)(O)O. The lowest BCUT2D eigenvalue weighted by Gasteiger charge is -2.63. The molecule has 27 nitrogen and oxygen atoms in total. The Morgan fingerprint density at radius 3 is 2.39 bits per heavy atom. The molecule has 1 aliphatic heterocycles. The fraction of sp³-hybridized carbons (Fsp3) is 0.792. The van der Waals surface area contributed by atoms with Gasteiger partial charge in [0.25, 0.3) is 0 Å². The van der Waals surface area contributed by atoms with E-state index in [9.17, 15) is 73.2 Å². The zero-order chi connectivity index (χ0) is 58.2. The number of ether oxygens (including phenoxy) is 1. The highest BCUT2D eigenvalue weighted by molar-refractivity contribution is 8.14. The van der Waals surface area contributed by atoms with Crippen LogP contribution in [-0.2, 0) is 50.7 Å². The molecule has 2 aromatic heterocycles. The summed E-state index contributed by atoms with van der Waals surface area (Å²) in [7, 11) is -16.5. The van der Waals surface area contributed by atoms with E-state index in [1.807, 2.05) is 6.08 Å². The first-order chi connectivity index (χ1) is 36.8. The molecule has 7 rings (SSSR count). The minimum Gasteiger partial charge on any atom is -0.393 e. The van der Waals surface area contributed by atoms with E-state index in [1.165, 1.54) is 13.8 Å². The summed E-state index contributed by atoms with van der Waals surface area (Å²) in [6, 6.07) is 0. The van der Waals surface area contributed by atoms with Crippen molar-refractivity contribution in [1.82, 2.24) is 30.2 Å². The van der Waals surface area contributed by atoms with Crippen molar-refractivity contribution in [3.8, 4) is 0 Å². The summed E-state index contributed by atoms with van der Waals surface area (Å²) in [6.07, 6.45) is 0.951. The van der Waals surface area contributed by atoms with Gasteiger partial charge < -0.3 is 66.2 Å². The van der Waals surface area contributed by atoms with Crippen LogP contribution in [0.1, 0.15) is 112 Å². The van der Waals surface area contributed by atoms with Gasteiger partial charge in [-0.1, -0.05) is 52.5 Å². The van der Waals surface area contributed by atoms with Crippen molar-refractivity contribution in [2.75, 3.05) is 37.8 Å². The van der Waals surface area contributed by atoms with Gasteiger partial charge in [-0.25, -0.2) is 28.6 Å². The number of fused-ring (bicyclic) bond motifs is 6. The van der Waals surface area contributed by atoms with Crippen LogP contribution in [0, 0.1) is 51.8 Å². The van der Waals surface area contributed by atoms with Gasteiger partial charge in [0.15, 0.2) is 17.7 Å². The molecule has 4 aliphatic carbocycles. The molecule has 1 saturated heterocycles. The maximum absolute atomic E-state index is 13.0. The van der Waals surface area contributed by atoms with Crippen molar-refractivity contribution in [3.63, 3.8) is 0 Å². The van der Waals surface area contributed by atoms with Crippen LogP contribution in [0.4, 0.5) is 5.82 Å². The Balaban J connectivity index is 0.781. The Morgan fingerprint density at radius 2 is 1.68 bits per heavy atom. The van der Waals surface area contributed by atoms with E-state index >= 15 is 0 Å². The number of aromatic nitrogens is 4. The summed E-state index contributed by atoms with van der Waals surface area (Å²) < 4.78 is 62.8. The Bertz CT molecular complexity index is 2700. The summed E-state index contributed by atoms with van der Waals surface area (Å²) >= 11 is 1.06. The van der Waals surface area contributed by atoms with Crippen LogP contribution in [0.5, 0.6) is 0 Å². The van der Waals surface area contributed by atoms with Gasteiger partial charge >= 0.3 is 23.5 Å². The Kier molecular flexibility index (Phi) is 20.3. The molecule has 18 atom stereocenters. The number of hydrogen-bond donors (Lipinski definition) is 12. The van der Waals surface area contributed by atoms with E-state index in [4.69, 9.17) is 19.5 Å². The predicted octanol–water partition coefficient (Wildman–Crippen LogP) is 2.99. The smallest absolute Gasteiger partial charge is 0.393 e. The summed E-state index contributed by atoms with van der Waals surface area (Å²) in [4.78, 5) is 89.8. The lowest BCUT2D eigenvalue weighted by molar-refractivity contribution is -0.207. The van der Waals surface area contributed by atoms with E-state index in [0.29, 0.717) is 24.8 Å². The summed E-state index contributed by atoms with van der Waals surface area (Å²) in [5.74, 6) is 0.199. The van der Waals surface area contributed by atoms with Gasteiger partial charge in [-0.2, -0.15) is 4.31 Å². The Labute approximate surface area is 462 Å². The summed E-state index contributed by atoms with van der Waals surface area (Å²) in [5.41, 5.74) is 4.54. The van der Waals surface area contributed by atoms with Crippen molar-refractivity contribution < 1.29 is 95.8 Å². The molecule has 0 spiro atoms. The van der Waals surface area contributed by atoms with Crippen LogP contribution in [0.15, 0.2) is 24.3 Å². The maximum atomic E-state index is 13.0. The first kappa shape index (κ1) is 63.8. The third kappa shape index (κ3) is 14.6. The van der Waals surface area contributed by atoms with Crippen molar-refractivity contribution in [1.29, 1.82) is 0 Å².